The Kier molecular flexibility index (Phi) is 4.14. The molecule has 0 saturated carbocycles. The molecule has 0 radical (unpaired) electrons. The number of fused-ring (bicyclic) bond motifs is 1. The number of nitrogens with one attached hydrogen (secondary N) is 1. The van der Waals surface area contributed by atoms with Crippen molar-refractivity contribution in [2.45, 2.75) is 39.8 Å². The molecule has 2 heterocycles. The van der Waals surface area contributed by atoms with E-state index in [2.05, 4.69) is 9.97 Å². The van der Waals surface area contributed by atoms with Gasteiger partial charge in [-0.2, -0.15) is 0 Å². The summed E-state index contributed by atoms with van der Waals surface area (Å²) in [6.45, 7) is 5.14. The van der Waals surface area contributed by atoms with Crippen LogP contribution in [0.1, 0.15) is 24.0 Å². The van der Waals surface area contributed by atoms with E-state index in [-0.39, 0.29) is 11.2 Å². The molecule has 0 spiro atoms. The average Bonchev–Trinajstić information content (AvgIpc) is 3.04. The lowest BCUT2D eigenvalue weighted by Crippen LogP contribution is -2.35. The molecule has 1 aromatic carbocycles. The van der Waals surface area contributed by atoms with Crippen LogP contribution in [0.4, 0.5) is 0 Å². The van der Waals surface area contributed by atoms with E-state index in [0.717, 1.165) is 30.5 Å². The molecule has 0 aliphatic rings. The minimum Gasteiger partial charge on any atom is -0.337 e. The number of imidazole rings is 1. The summed E-state index contributed by atoms with van der Waals surface area (Å²) in [5.74, 6) is 0. The van der Waals surface area contributed by atoms with Crippen LogP contribution in [0.25, 0.3) is 10.9 Å². The maximum absolute atomic E-state index is 12.6. The third kappa shape index (κ3) is 2.97. The summed E-state index contributed by atoms with van der Waals surface area (Å²) in [4.78, 5) is 31.6. The molecule has 120 valence electrons. The highest BCUT2D eigenvalue weighted by molar-refractivity contribution is 5.81. The van der Waals surface area contributed by atoms with Crippen molar-refractivity contribution >= 4 is 10.9 Å². The molecule has 23 heavy (non-hydrogen) atoms. The van der Waals surface area contributed by atoms with E-state index < -0.39 is 0 Å². The highest BCUT2D eigenvalue weighted by atomic mass is 16.2. The largest absolute Gasteiger partial charge is 0.337 e. The Hall–Kier alpha value is -2.63. The standard InChI is InChI=1S/C17H20N4O2/c1-12-5-6-14-15(13(12)2)19-17(23)21(16(14)22)9-4-3-8-20-10-7-18-11-20/h5-7,10-11H,3-4,8-9H2,1-2H3,(H,19,23). The van der Waals surface area contributed by atoms with Crippen LogP contribution < -0.4 is 11.2 Å². The number of H-pyrrole nitrogens is 1. The number of nitrogens with zero attached hydrogens (tertiary/aromatic N) is 3. The molecule has 2 aromatic heterocycles. The van der Waals surface area contributed by atoms with E-state index >= 15 is 0 Å². The number of hydrogen-bond donors (Lipinski definition) is 1. The van der Waals surface area contributed by atoms with Crippen molar-refractivity contribution < 1.29 is 0 Å². The van der Waals surface area contributed by atoms with Gasteiger partial charge in [0.05, 0.1) is 17.2 Å². The number of aromatic nitrogens is 4. The van der Waals surface area contributed by atoms with E-state index in [1.165, 1.54) is 4.57 Å². The normalized spacial score (nSPS) is 11.2. The fourth-order valence-corrected chi connectivity index (χ4v) is 2.75. The minimum absolute atomic E-state index is 0.213. The van der Waals surface area contributed by atoms with Crippen LogP contribution in [-0.4, -0.2) is 19.1 Å². The number of benzene rings is 1. The molecule has 0 aliphatic heterocycles. The lowest BCUT2D eigenvalue weighted by molar-refractivity contribution is 0.532. The van der Waals surface area contributed by atoms with Gasteiger partial charge in [0.2, 0.25) is 0 Å². The van der Waals surface area contributed by atoms with Gasteiger partial charge in [-0.1, -0.05) is 6.07 Å². The van der Waals surface area contributed by atoms with Crippen LogP contribution in [0.2, 0.25) is 0 Å². The van der Waals surface area contributed by atoms with Gasteiger partial charge in [0.15, 0.2) is 0 Å². The molecule has 6 heteroatoms. The van der Waals surface area contributed by atoms with Gasteiger partial charge in [-0.05, 0) is 43.9 Å². The quantitative estimate of drug-likeness (QED) is 0.732. The van der Waals surface area contributed by atoms with E-state index in [1.54, 1.807) is 18.6 Å². The van der Waals surface area contributed by atoms with Crippen molar-refractivity contribution in [2.75, 3.05) is 0 Å². The fourth-order valence-electron chi connectivity index (χ4n) is 2.75. The number of aromatic amines is 1. The molecule has 0 fully saturated rings. The van der Waals surface area contributed by atoms with Gasteiger partial charge in [-0.15, -0.1) is 0 Å². The zero-order valence-electron chi connectivity index (χ0n) is 13.4. The molecule has 0 amide bonds. The van der Waals surface area contributed by atoms with Gasteiger partial charge in [0.1, 0.15) is 0 Å². The first-order valence-electron chi connectivity index (χ1n) is 7.76. The van der Waals surface area contributed by atoms with Gasteiger partial charge in [0, 0.05) is 25.5 Å². The summed E-state index contributed by atoms with van der Waals surface area (Å²) >= 11 is 0. The highest BCUT2D eigenvalue weighted by Crippen LogP contribution is 2.15. The van der Waals surface area contributed by atoms with Crippen molar-refractivity contribution in [1.29, 1.82) is 0 Å². The van der Waals surface area contributed by atoms with E-state index in [4.69, 9.17) is 0 Å². The minimum atomic E-state index is -0.334. The van der Waals surface area contributed by atoms with Crippen LogP contribution in [0, 0.1) is 13.8 Å². The first-order chi connectivity index (χ1) is 11.1. The fraction of sp³-hybridized carbons (Fsp3) is 0.353. The Balaban J connectivity index is 1.82. The summed E-state index contributed by atoms with van der Waals surface area (Å²) in [6.07, 6.45) is 7.05. The maximum atomic E-state index is 12.6. The number of aryl methyl sites for hydroxylation is 3. The van der Waals surface area contributed by atoms with E-state index in [0.29, 0.717) is 17.4 Å². The summed E-state index contributed by atoms with van der Waals surface area (Å²) in [6, 6.07) is 3.71. The van der Waals surface area contributed by atoms with Crippen molar-refractivity contribution in [3.63, 3.8) is 0 Å². The first kappa shape index (κ1) is 15.3. The predicted molar refractivity (Wildman–Crippen MR) is 89.8 cm³/mol. The molecule has 6 nitrogen and oxygen atoms in total. The molecule has 3 rings (SSSR count). The molecule has 1 N–H and O–H groups in total. The molecule has 3 aromatic rings. The molecule has 0 saturated heterocycles. The predicted octanol–water partition coefficient (Wildman–Crippen LogP) is 1.98. The molecule has 0 bridgehead atoms. The second kappa shape index (κ2) is 6.24. The summed E-state index contributed by atoms with van der Waals surface area (Å²) < 4.78 is 3.28. The van der Waals surface area contributed by atoms with Gasteiger partial charge < -0.3 is 9.55 Å². The van der Waals surface area contributed by atoms with Crippen LogP contribution in [-0.2, 0) is 13.1 Å². The number of rotatable bonds is 5. The second-order valence-electron chi connectivity index (χ2n) is 5.82. The number of hydrogen-bond acceptors (Lipinski definition) is 3. The Bertz CT molecular complexity index is 936. The van der Waals surface area contributed by atoms with Crippen LogP contribution in [0.5, 0.6) is 0 Å². The van der Waals surface area contributed by atoms with Crippen molar-refractivity contribution in [1.82, 2.24) is 19.1 Å². The third-order valence-corrected chi connectivity index (χ3v) is 4.30. The van der Waals surface area contributed by atoms with Crippen molar-refractivity contribution in [3.8, 4) is 0 Å². The first-order valence-corrected chi connectivity index (χ1v) is 7.76. The molecule has 0 atom stereocenters. The second-order valence-corrected chi connectivity index (χ2v) is 5.82. The summed E-state index contributed by atoms with van der Waals surface area (Å²) in [5, 5.41) is 0.572. The monoisotopic (exact) mass is 312 g/mol. The van der Waals surface area contributed by atoms with Gasteiger partial charge >= 0.3 is 5.69 Å². The number of unbranched alkanes of at least 4 members (excludes halogenated alkanes) is 1. The highest BCUT2D eigenvalue weighted by Gasteiger charge is 2.10. The van der Waals surface area contributed by atoms with E-state index in [1.807, 2.05) is 30.7 Å². The Morgan fingerprint density at radius 3 is 2.65 bits per heavy atom. The Morgan fingerprint density at radius 1 is 1.13 bits per heavy atom. The van der Waals surface area contributed by atoms with Gasteiger partial charge in [-0.3, -0.25) is 9.36 Å². The lowest BCUT2D eigenvalue weighted by Gasteiger charge is -2.09. The van der Waals surface area contributed by atoms with Crippen LogP contribution in [0.15, 0.2) is 40.4 Å². The third-order valence-electron chi connectivity index (χ3n) is 4.30. The smallest absolute Gasteiger partial charge is 0.328 e. The summed E-state index contributed by atoms with van der Waals surface area (Å²) in [5.41, 5.74) is 2.11. The molecule has 0 aliphatic carbocycles. The van der Waals surface area contributed by atoms with E-state index in [9.17, 15) is 9.59 Å². The van der Waals surface area contributed by atoms with Crippen LogP contribution in [0.3, 0.4) is 0 Å². The van der Waals surface area contributed by atoms with Crippen LogP contribution >= 0.6 is 0 Å². The Labute approximate surface area is 133 Å². The zero-order valence-corrected chi connectivity index (χ0v) is 13.4. The SMILES string of the molecule is Cc1ccc2c(=O)n(CCCCn3ccnc3)c(=O)[nH]c2c1C. The Morgan fingerprint density at radius 2 is 1.91 bits per heavy atom. The lowest BCUT2D eigenvalue weighted by atomic mass is 10.1. The van der Waals surface area contributed by atoms with Crippen molar-refractivity contribution in [3.05, 3.63) is 62.8 Å². The molecular weight excluding hydrogens is 292 g/mol. The summed E-state index contributed by atoms with van der Waals surface area (Å²) in [7, 11) is 0. The maximum Gasteiger partial charge on any atom is 0.328 e. The average molecular weight is 312 g/mol. The molecule has 0 unspecified atom stereocenters. The van der Waals surface area contributed by atoms with Gasteiger partial charge in [0.25, 0.3) is 5.56 Å². The van der Waals surface area contributed by atoms with Crippen molar-refractivity contribution in [2.24, 2.45) is 0 Å². The molecular formula is C17H20N4O2. The van der Waals surface area contributed by atoms with Gasteiger partial charge in [-0.25, -0.2) is 9.78 Å². The topological polar surface area (TPSA) is 72.7 Å². The zero-order chi connectivity index (χ0) is 16.4.